The van der Waals surface area contributed by atoms with Crippen LogP contribution in [0.2, 0.25) is 0 Å². The molecule has 2 rings (SSSR count). The van der Waals surface area contributed by atoms with Crippen molar-refractivity contribution in [2.45, 2.75) is 6.54 Å². The van der Waals surface area contributed by atoms with Gasteiger partial charge in [0.25, 0.3) is 0 Å². The molecule has 0 unspecified atom stereocenters. The van der Waals surface area contributed by atoms with Gasteiger partial charge in [0.05, 0.1) is 7.11 Å². The van der Waals surface area contributed by atoms with E-state index in [4.69, 9.17) is 10.5 Å². The second-order valence-electron chi connectivity index (χ2n) is 3.24. The van der Waals surface area contributed by atoms with E-state index < -0.39 is 0 Å². The van der Waals surface area contributed by atoms with E-state index in [9.17, 15) is 0 Å². The Morgan fingerprint density at radius 1 is 1.20 bits per heavy atom. The summed E-state index contributed by atoms with van der Waals surface area (Å²) in [6.45, 7) is 0.588. The Balaban J connectivity index is 2.37. The molecule has 0 aliphatic rings. The Morgan fingerprint density at radius 2 is 1.93 bits per heavy atom. The van der Waals surface area contributed by atoms with Crippen molar-refractivity contribution >= 4 is 11.3 Å². The first-order valence-electron chi connectivity index (χ1n) is 4.74. The molecule has 0 amide bonds. The first-order valence-corrected chi connectivity index (χ1v) is 5.69. The Hall–Kier alpha value is -1.32. The molecule has 2 N–H and O–H groups in total. The number of methoxy groups -OCH3 is 1. The molecule has 1 heterocycles. The summed E-state index contributed by atoms with van der Waals surface area (Å²) in [5, 5.41) is 4.23. The molecule has 0 bridgehead atoms. The van der Waals surface area contributed by atoms with Gasteiger partial charge in [0.15, 0.2) is 0 Å². The number of ether oxygens (including phenoxy) is 1. The average molecular weight is 219 g/mol. The van der Waals surface area contributed by atoms with Crippen molar-refractivity contribution in [3.8, 4) is 16.9 Å². The molecule has 1 aromatic carbocycles. The predicted octanol–water partition coefficient (Wildman–Crippen LogP) is 2.88. The summed E-state index contributed by atoms with van der Waals surface area (Å²) >= 11 is 1.68. The number of rotatable bonds is 3. The maximum absolute atomic E-state index is 5.67. The van der Waals surface area contributed by atoms with E-state index in [0.717, 1.165) is 5.75 Å². The van der Waals surface area contributed by atoms with Gasteiger partial charge in [-0.15, -0.1) is 0 Å². The van der Waals surface area contributed by atoms with Crippen LogP contribution >= 0.6 is 11.3 Å². The van der Waals surface area contributed by atoms with Crippen molar-refractivity contribution in [3.05, 3.63) is 40.6 Å². The van der Waals surface area contributed by atoms with Gasteiger partial charge in [0, 0.05) is 6.54 Å². The van der Waals surface area contributed by atoms with Gasteiger partial charge in [-0.3, -0.25) is 0 Å². The van der Waals surface area contributed by atoms with Gasteiger partial charge in [-0.1, -0.05) is 12.1 Å². The Bertz CT molecular complexity index is 433. The van der Waals surface area contributed by atoms with Crippen LogP contribution in [0.1, 0.15) is 5.56 Å². The van der Waals surface area contributed by atoms with Crippen molar-refractivity contribution in [2.75, 3.05) is 7.11 Å². The van der Waals surface area contributed by atoms with Crippen LogP contribution in [0.4, 0.5) is 0 Å². The van der Waals surface area contributed by atoms with Crippen molar-refractivity contribution in [1.82, 2.24) is 0 Å². The highest BCUT2D eigenvalue weighted by atomic mass is 32.1. The van der Waals surface area contributed by atoms with Crippen LogP contribution in [0.3, 0.4) is 0 Å². The summed E-state index contributed by atoms with van der Waals surface area (Å²) in [6.07, 6.45) is 0. The van der Waals surface area contributed by atoms with E-state index in [1.54, 1.807) is 18.4 Å². The van der Waals surface area contributed by atoms with E-state index >= 15 is 0 Å². The molecule has 3 heteroatoms. The largest absolute Gasteiger partial charge is 0.497 e. The van der Waals surface area contributed by atoms with Gasteiger partial charge in [0.2, 0.25) is 0 Å². The quantitative estimate of drug-likeness (QED) is 0.861. The molecule has 78 valence electrons. The SMILES string of the molecule is COc1ccc(-c2cscc2CN)cc1. The standard InChI is InChI=1S/C12H13NOS/c1-14-11-4-2-9(3-5-11)12-8-15-7-10(12)6-13/h2-5,7-8H,6,13H2,1H3. The third-order valence-corrected chi connectivity index (χ3v) is 3.16. The molecular weight excluding hydrogens is 206 g/mol. The molecule has 2 nitrogen and oxygen atoms in total. The summed E-state index contributed by atoms with van der Waals surface area (Å²) in [5.41, 5.74) is 9.29. The van der Waals surface area contributed by atoms with Crippen LogP contribution in [-0.4, -0.2) is 7.11 Å². The Labute approximate surface area is 93.3 Å². The lowest BCUT2D eigenvalue weighted by Crippen LogP contribution is -1.95. The normalized spacial score (nSPS) is 10.3. The molecule has 0 saturated heterocycles. The zero-order valence-electron chi connectivity index (χ0n) is 8.57. The number of hydrogen-bond donors (Lipinski definition) is 1. The minimum Gasteiger partial charge on any atom is -0.497 e. The summed E-state index contributed by atoms with van der Waals surface area (Å²) in [6, 6.07) is 8.04. The Morgan fingerprint density at radius 3 is 2.53 bits per heavy atom. The van der Waals surface area contributed by atoms with E-state index in [1.165, 1.54) is 16.7 Å². The van der Waals surface area contributed by atoms with E-state index in [1.807, 2.05) is 12.1 Å². The topological polar surface area (TPSA) is 35.2 Å². The zero-order valence-corrected chi connectivity index (χ0v) is 9.38. The molecule has 0 spiro atoms. The number of hydrogen-bond acceptors (Lipinski definition) is 3. The molecule has 0 atom stereocenters. The predicted molar refractivity (Wildman–Crippen MR) is 64.2 cm³/mol. The molecule has 0 aliphatic carbocycles. The van der Waals surface area contributed by atoms with E-state index in [2.05, 4.69) is 22.9 Å². The van der Waals surface area contributed by atoms with Crippen molar-refractivity contribution in [1.29, 1.82) is 0 Å². The number of benzene rings is 1. The van der Waals surface area contributed by atoms with Gasteiger partial charge in [-0.2, -0.15) is 11.3 Å². The maximum Gasteiger partial charge on any atom is 0.118 e. The fourth-order valence-corrected chi connectivity index (χ4v) is 2.38. The van der Waals surface area contributed by atoms with E-state index in [0.29, 0.717) is 6.54 Å². The van der Waals surface area contributed by atoms with Gasteiger partial charge < -0.3 is 10.5 Å². The minimum atomic E-state index is 0.588. The average Bonchev–Trinajstić information content (AvgIpc) is 2.77. The van der Waals surface area contributed by atoms with Gasteiger partial charge in [-0.05, 0) is 39.6 Å². The van der Waals surface area contributed by atoms with Gasteiger partial charge in [0.1, 0.15) is 5.75 Å². The van der Waals surface area contributed by atoms with Crippen LogP contribution in [0.5, 0.6) is 5.75 Å². The van der Waals surface area contributed by atoms with Crippen LogP contribution in [-0.2, 0) is 6.54 Å². The van der Waals surface area contributed by atoms with Crippen LogP contribution in [0.25, 0.3) is 11.1 Å². The van der Waals surface area contributed by atoms with Crippen LogP contribution in [0, 0.1) is 0 Å². The van der Waals surface area contributed by atoms with Crippen LogP contribution in [0.15, 0.2) is 35.0 Å². The molecule has 1 aromatic heterocycles. The highest BCUT2D eigenvalue weighted by molar-refractivity contribution is 7.08. The molecule has 0 fully saturated rings. The van der Waals surface area contributed by atoms with E-state index in [-0.39, 0.29) is 0 Å². The molecule has 15 heavy (non-hydrogen) atoms. The van der Waals surface area contributed by atoms with Crippen molar-refractivity contribution in [3.63, 3.8) is 0 Å². The Kier molecular flexibility index (Phi) is 3.04. The molecule has 2 aromatic rings. The summed E-state index contributed by atoms with van der Waals surface area (Å²) in [7, 11) is 1.67. The highest BCUT2D eigenvalue weighted by Gasteiger charge is 2.04. The fraction of sp³-hybridized carbons (Fsp3) is 0.167. The number of thiophene rings is 1. The second kappa shape index (κ2) is 4.47. The first-order chi connectivity index (χ1) is 7.35. The van der Waals surface area contributed by atoms with Crippen LogP contribution < -0.4 is 10.5 Å². The maximum atomic E-state index is 5.67. The monoisotopic (exact) mass is 219 g/mol. The van der Waals surface area contributed by atoms with Gasteiger partial charge in [-0.25, -0.2) is 0 Å². The minimum absolute atomic E-state index is 0.588. The third-order valence-electron chi connectivity index (χ3n) is 2.36. The lowest BCUT2D eigenvalue weighted by Gasteiger charge is -2.03. The molecule has 0 radical (unpaired) electrons. The lowest BCUT2D eigenvalue weighted by atomic mass is 10.0. The summed E-state index contributed by atoms with van der Waals surface area (Å²) < 4.78 is 5.12. The smallest absolute Gasteiger partial charge is 0.118 e. The first kappa shape index (κ1) is 10.2. The fourth-order valence-electron chi connectivity index (χ4n) is 1.51. The highest BCUT2D eigenvalue weighted by Crippen LogP contribution is 2.28. The summed E-state index contributed by atoms with van der Waals surface area (Å²) in [4.78, 5) is 0. The van der Waals surface area contributed by atoms with Crippen molar-refractivity contribution < 1.29 is 4.74 Å². The third kappa shape index (κ3) is 2.03. The zero-order chi connectivity index (χ0) is 10.7. The molecule has 0 saturated carbocycles. The van der Waals surface area contributed by atoms with Gasteiger partial charge >= 0.3 is 0 Å². The second-order valence-corrected chi connectivity index (χ2v) is 3.99. The van der Waals surface area contributed by atoms with Crippen molar-refractivity contribution in [2.24, 2.45) is 5.73 Å². The molecule has 0 aliphatic heterocycles. The lowest BCUT2D eigenvalue weighted by molar-refractivity contribution is 0.415. The summed E-state index contributed by atoms with van der Waals surface area (Å²) in [5.74, 6) is 0.878. The molecular formula is C12H13NOS. The number of nitrogens with two attached hydrogens (primary N) is 1.